The van der Waals surface area contributed by atoms with Gasteiger partial charge in [0, 0.05) is 11.6 Å². The predicted octanol–water partition coefficient (Wildman–Crippen LogP) is 1.88. The van der Waals surface area contributed by atoms with Crippen LogP contribution >= 0.6 is 0 Å². The molecule has 1 aromatic heterocycles. The number of halogens is 1. The molecule has 2 aromatic rings. The fourth-order valence-electron chi connectivity index (χ4n) is 3.10. The van der Waals surface area contributed by atoms with E-state index in [1.807, 2.05) is 0 Å². The Hall–Kier alpha value is -2.97. The molecule has 8 nitrogen and oxygen atoms in total. The molecule has 9 heteroatoms. The number of aromatic nitrogens is 2. The number of carbonyl (C=O) groups excluding carboxylic acids is 2. The van der Waals surface area contributed by atoms with Crippen molar-refractivity contribution in [3.8, 4) is 11.5 Å². The first-order chi connectivity index (χ1) is 13.4. The predicted molar refractivity (Wildman–Crippen MR) is 96.7 cm³/mol. The van der Waals surface area contributed by atoms with E-state index in [0.29, 0.717) is 11.5 Å². The van der Waals surface area contributed by atoms with Gasteiger partial charge in [-0.25, -0.2) is 9.18 Å². The maximum absolute atomic E-state index is 13.0. The highest BCUT2D eigenvalue weighted by Gasteiger charge is 2.20. The summed E-state index contributed by atoms with van der Waals surface area (Å²) in [7, 11) is 0. The molecule has 1 N–H and O–H groups in total. The number of benzene rings is 1. The van der Waals surface area contributed by atoms with Crippen LogP contribution in [-0.2, 0) is 20.9 Å². The average Bonchev–Trinajstić information content (AvgIpc) is 3.03. The number of hydrogen-bond donors (Lipinski definition) is 1. The molecule has 0 saturated heterocycles. The number of carbonyl (C=O) groups is 2. The van der Waals surface area contributed by atoms with Gasteiger partial charge in [-0.05, 0) is 55.9 Å². The zero-order chi connectivity index (χ0) is 20.1. The topological polar surface area (TPSA) is 103 Å². The number of nitrogens with zero attached hydrogens (tertiary/aromatic N) is 2. The number of hydrogen-bond acceptors (Lipinski definition) is 6. The maximum Gasteiger partial charge on any atom is 0.437 e. The highest BCUT2D eigenvalue weighted by molar-refractivity contribution is 5.80. The Balaban J connectivity index is 1.49. The molecule has 0 aliphatic heterocycles. The van der Waals surface area contributed by atoms with Crippen molar-refractivity contribution in [2.75, 3.05) is 6.61 Å². The second-order valence-electron chi connectivity index (χ2n) is 7.02. The molecule has 1 saturated carbocycles. The largest absolute Gasteiger partial charge is 0.454 e. The van der Waals surface area contributed by atoms with Gasteiger partial charge in [0.2, 0.25) is 5.89 Å². The van der Waals surface area contributed by atoms with Crippen LogP contribution in [0.1, 0.15) is 32.6 Å². The molecule has 150 valence electrons. The third-order valence-electron chi connectivity index (χ3n) is 4.72. The third-order valence-corrected chi connectivity index (χ3v) is 4.72. The van der Waals surface area contributed by atoms with Gasteiger partial charge in [0.05, 0.1) is 0 Å². The van der Waals surface area contributed by atoms with Crippen LogP contribution in [0.25, 0.3) is 11.5 Å². The highest BCUT2D eigenvalue weighted by Crippen LogP contribution is 2.23. The van der Waals surface area contributed by atoms with Gasteiger partial charge in [0.25, 0.3) is 5.91 Å². The number of amides is 1. The van der Waals surface area contributed by atoms with E-state index in [4.69, 9.17) is 9.15 Å². The van der Waals surface area contributed by atoms with Crippen LogP contribution in [0.5, 0.6) is 0 Å². The van der Waals surface area contributed by atoms with Crippen molar-refractivity contribution in [2.45, 2.75) is 45.2 Å². The molecule has 1 fully saturated rings. The van der Waals surface area contributed by atoms with Crippen LogP contribution in [0.15, 0.2) is 33.5 Å². The smallest absolute Gasteiger partial charge is 0.437 e. The number of ether oxygens (including phenoxy) is 1. The minimum Gasteiger partial charge on any atom is -0.454 e. The molecular weight excluding hydrogens is 369 g/mol. The van der Waals surface area contributed by atoms with Crippen LogP contribution in [0.2, 0.25) is 0 Å². The molecule has 1 amide bonds. The molecule has 0 bridgehead atoms. The van der Waals surface area contributed by atoms with Gasteiger partial charge >= 0.3 is 11.7 Å². The maximum atomic E-state index is 13.0. The zero-order valence-corrected chi connectivity index (χ0v) is 15.5. The second kappa shape index (κ2) is 8.81. The first-order valence-electron chi connectivity index (χ1n) is 9.19. The standard InChI is InChI=1S/C19H22FN3O5/c1-12-2-8-15(9-3-12)21-16(24)11-27-17(25)10-23-19(26)28-18(22-23)13-4-6-14(20)7-5-13/h4-7,12,15H,2-3,8-11H2,1H3,(H,21,24). The Bertz CT molecular complexity index is 882. The van der Waals surface area contributed by atoms with Crippen LogP contribution in [0.4, 0.5) is 4.39 Å². The van der Waals surface area contributed by atoms with Crippen molar-refractivity contribution in [1.29, 1.82) is 0 Å². The zero-order valence-electron chi connectivity index (χ0n) is 15.5. The van der Waals surface area contributed by atoms with Gasteiger partial charge in [-0.2, -0.15) is 4.68 Å². The summed E-state index contributed by atoms with van der Waals surface area (Å²) in [5, 5.41) is 6.74. The molecule has 0 atom stereocenters. The normalized spacial score (nSPS) is 19.2. The summed E-state index contributed by atoms with van der Waals surface area (Å²) in [6.07, 6.45) is 3.97. The molecule has 1 aromatic carbocycles. The van der Waals surface area contributed by atoms with E-state index in [0.717, 1.165) is 30.4 Å². The SMILES string of the molecule is CC1CCC(NC(=O)COC(=O)Cn2nc(-c3ccc(F)cc3)oc2=O)CC1. The molecule has 1 aliphatic carbocycles. The van der Waals surface area contributed by atoms with Gasteiger partial charge in [0.1, 0.15) is 12.4 Å². The fourth-order valence-corrected chi connectivity index (χ4v) is 3.10. The number of nitrogens with one attached hydrogen (secondary N) is 1. The third kappa shape index (κ3) is 5.28. The molecule has 0 spiro atoms. The molecule has 1 aliphatic rings. The Kier molecular flexibility index (Phi) is 6.23. The molecule has 28 heavy (non-hydrogen) atoms. The lowest BCUT2D eigenvalue weighted by Crippen LogP contribution is -2.40. The first-order valence-corrected chi connectivity index (χ1v) is 9.19. The van der Waals surface area contributed by atoms with Gasteiger partial charge in [0.15, 0.2) is 6.61 Å². The first kappa shape index (κ1) is 19.8. The summed E-state index contributed by atoms with van der Waals surface area (Å²) >= 11 is 0. The minimum atomic E-state index is -0.850. The van der Waals surface area contributed by atoms with Gasteiger partial charge in [-0.15, -0.1) is 5.10 Å². The summed E-state index contributed by atoms with van der Waals surface area (Å²) in [5.41, 5.74) is 0.395. The molecular formula is C19H22FN3O5. The Labute approximate surface area is 160 Å². The van der Waals surface area contributed by atoms with Crippen LogP contribution in [-0.4, -0.2) is 34.3 Å². The summed E-state index contributed by atoms with van der Waals surface area (Å²) in [6.45, 7) is 1.28. The van der Waals surface area contributed by atoms with Crippen molar-refractivity contribution >= 4 is 11.9 Å². The molecule has 1 heterocycles. The van der Waals surface area contributed by atoms with Gasteiger partial charge in [-0.3, -0.25) is 9.59 Å². The lowest BCUT2D eigenvalue weighted by Gasteiger charge is -2.26. The van der Waals surface area contributed by atoms with E-state index >= 15 is 0 Å². The van der Waals surface area contributed by atoms with Crippen molar-refractivity contribution in [3.05, 3.63) is 40.6 Å². The second-order valence-corrected chi connectivity index (χ2v) is 7.02. The van der Waals surface area contributed by atoms with E-state index in [-0.39, 0.29) is 17.8 Å². The van der Waals surface area contributed by atoms with Crippen molar-refractivity contribution < 1.29 is 23.1 Å². The summed E-state index contributed by atoms with van der Waals surface area (Å²) in [5.74, 6) is -1.80. The quantitative estimate of drug-likeness (QED) is 0.754. The van der Waals surface area contributed by atoms with Crippen LogP contribution in [0, 0.1) is 11.7 Å². The fraction of sp³-hybridized carbons (Fsp3) is 0.474. The van der Waals surface area contributed by atoms with E-state index in [1.54, 1.807) is 0 Å². The minimum absolute atomic E-state index is 0.0398. The Morgan fingerprint density at radius 1 is 1.25 bits per heavy atom. The van der Waals surface area contributed by atoms with Gasteiger partial charge in [-0.1, -0.05) is 6.92 Å². The monoisotopic (exact) mass is 391 g/mol. The molecule has 0 radical (unpaired) electrons. The molecule has 3 rings (SSSR count). The van der Waals surface area contributed by atoms with Crippen LogP contribution in [0.3, 0.4) is 0 Å². The molecule has 0 unspecified atom stereocenters. The van der Waals surface area contributed by atoms with E-state index in [2.05, 4.69) is 17.3 Å². The van der Waals surface area contributed by atoms with E-state index in [1.165, 1.54) is 24.3 Å². The Morgan fingerprint density at radius 2 is 1.93 bits per heavy atom. The summed E-state index contributed by atoms with van der Waals surface area (Å²) in [6, 6.07) is 5.32. The van der Waals surface area contributed by atoms with Crippen molar-refractivity contribution in [3.63, 3.8) is 0 Å². The summed E-state index contributed by atoms with van der Waals surface area (Å²) < 4.78 is 23.6. The van der Waals surface area contributed by atoms with E-state index < -0.39 is 30.7 Å². The number of rotatable bonds is 6. The van der Waals surface area contributed by atoms with E-state index in [9.17, 15) is 18.8 Å². The van der Waals surface area contributed by atoms with Crippen LogP contribution < -0.4 is 11.1 Å². The van der Waals surface area contributed by atoms with Gasteiger partial charge < -0.3 is 14.5 Å². The Morgan fingerprint density at radius 3 is 2.61 bits per heavy atom. The van der Waals surface area contributed by atoms with Crippen molar-refractivity contribution in [2.24, 2.45) is 5.92 Å². The average molecular weight is 391 g/mol. The lowest BCUT2D eigenvalue weighted by molar-refractivity contribution is -0.149. The lowest BCUT2D eigenvalue weighted by atomic mass is 9.87. The summed E-state index contributed by atoms with van der Waals surface area (Å²) in [4.78, 5) is 35.6. The number of esters is 1. The van der Waals surface area contributed by atoms with Crippen molar-refractivity contribution in [1.82, 2.24) is 15.1 Å². The highest BCUT2D eigenvalue weighted by atomic mass is 19.1.